The van der Waals surface area contributed by atoms with Crippen LogP contribution in [0.4, 0.5) is 0 Å². The fraction of sp³-hybridized carbons (Fsp3) is 0.323. The first-order valence-corrected chi connectivity index (χ1v) is 15.0. The Labute approximate surface area is 233 Å². The van der Waals surface area contributed by atoms with E-state index in [1.807, 2.05) is 12.4 Å². The van der Waals surface area contributed by atoms with Gasteiger partial charge in [-0.1, -0.05) is 55.0 Å². The molecule has 0 radical (unpaired) electrons. The van der Waals surface area contributed by atoms with E-state index in [9.17, 15) is 0 Å². The molecule has 0 fully saturated rings. The minimum atomic E-state index is 0. The molecule has 0 aliphatic rings. The number of nitrogens with zero attached hydrogens (tertiary/aromatic N) is 3. The van der Waals surface area contributed by atoms with E-state index in [1.54, 1.807) is 34.0 Å². The molecule has 6 aromatic rings. The number of pyridine rings is 3. The number of hydrogen-bond donors (Lipinski definition) is 0. The van der Waals surface area contributed by atoms with Crippen molar-refractivity contribution in [3.05, 3.63) is 87.8 Å². The average Bonchev–Trinajstić information content (AvgIpc) is 3.63. The largest absolute Gasteiger partial charge is 0.245 e. The summed E-state index contributed by atoms with van der Waals surface area (Å²) < 4.78 is 0. The Bertz CT molecular complexity index is 1460. The van der Waals surface area contributed by atoms with Crippen molar-refractivity contribution in [2.24, 2.45) is 0 Å². The van der Waals surface area contributed by atoms with E-state index in [-0.39, 0.29) is 7.43 Å². The smallest absolute Gasteiger partial charge is 0.123 e. The summed E-state index contributed by atoms with van der Waals surface area (Å²) in [5.41, 5.74) is 3.91. The molecule has 0 spiro atoms. The summed E-state index contributed by atoms with van der Waals surface area (Å²) in [6.45, 7) is 13.1. The summed E-state index contributed by atoms with van der Waals surface area (Å²) in [5.74, 6) is 1.68. The van der Waals surface area contributed by atoms with Gasteiger partial charge in [0.25, 0.3) is 0 Å². The first kappa shape index (κ1) is 28.9. The van der Waals surface area contributed by atoms with Crippen LogP contribution in [0.3, 0.4) is 0 Å². The lowest BCUT2D eigenvalue weighted by Gasteiger charge is -2.05. The van der Waals surface area contributed by atoms with Crippen LogP contribution in [0.5, 0.6) is 0 Å². The number of thiophene rings is 3. The number of rotatable bonds is 3. The van der Waals surface area contributed by atoms with Gasteiger partial charge in [-0.15, -0.1) is 34.0 Å². The molecule has 6 aromatic heterocycles. The lowest BCUT2D eigenvalue weighted by molar-refractivity contribution is 0.831. The van der Waals surface area contributed by atoms with Crippen molar-refractivity contribution >= 4 is 64.7 Å². The van der Waals surface area contributed by atoms with Gasteiger partial charge in [-0.3, -0.25) is 0 Å². The van der Waals surface area contributed by atoms with Crippen molar-refractivity contribution in [1.82, 2.24) is 15.0 Å². The molecule has 6 rings (SSSR count). The van der Waals surface area contributed by atoms with Gasteiger partial charge >= 0.3 is 0 Å². The van der Waals surface area contributed by atoms with Crippen molar-refractivity contribution in [3.8, 4) is 0 Å². The van der Waals surface area contributed by atoms with E-state index in [0.29, 0.717) is 17.8 Å². The second-order valence-electron chi connectivity index (χ2n) is 9.64. The van der Waals surface area contributed by atoms with Gasteiger partial charge in [-0.05, 0) is 81.4 Å². The molecule has 0 aliphatic heterocycles. The van der Waals surface area contributed by atoms with Crippen molar-refractivity contribution in [3.63, 3.8) is 0 Å². The highest BCUT2D eigenvalue weighted by molar-refractivity contribution is 7.17. The molecule has 0 bridgehead atoms. The molecule has 37 heavy (non-hydrogen) atoms. The number of aromatic nitrogens is 3. The maximum atomic E-state index is 4.55. The van der Waals surface area contributed by atoms with Crippen molar-refractivity contribution in [1.29, 1.82) is 0 Å². The van der Waals surface area contributed by atoms with Crippen LogP contribution in [0.1, 0.15) is 83.5 Å². The van der Waals surface area contributed by atoms with Gasteiger partial charge in [-0.25, -0.2) is 15.0 Å². The third-order valence-electron chi connectivity index (χ3n) is 5.95. The lowest BCUT2D eigenvalue weighted by atomic mass is 10.0. The minimum absolute atomic E-state index is 0. The molecule has 0 unspecified atom stereocenters. The standard InChI is InChI=1S/3C10H11NS.CH4/c1-7(2)8-3-5-11-10-9(8)4-6-12-10;1-7(2)9-5-8-3-4-12-10(8)11-6-9;1-7(2)9-4-3-8-5-6-12-10(8)11-9;/h3*3-7H,1-2H3;1H4. The molecule has 194 valence electrons. The van der Waals surface area contributed by atoms with Crippen molar-refractivity contribution < 1.29 is 0 Å². The topological polar surface area (TPSA) is 38.7 Å². The molecule has 0 amide bonds. The van der Waals surface area contributed by atoms with Crippen LogP contribution in [0, 0.1) is 0 Å². The summed E-state index contributed by atoms with van der Waals surface area (Å²) >= 11 is 5.11. The molecule has 0 N–H and O–H groups in total. The van der Waals surface area contributed by atoms with E-state index in [4.69, 9.17) is 0 Å². The third-order valence-corrected chi connectivity index (χ3v) is 8.43. The van der Waals surface area contributed by atoms with Gasteiger partial charge < -0.3 is 0 Å². The fourth-order valence-corrected chi connectivity index (χ4v) is 6.03. The van der Waals surface area contributed by atoms with E-state index >= 15 is 0 Å². The van der Waals surface area contributed by atoms with E-state index in [0.717, 1.165) is 14.5 Å². The predicted octanol–water partition coefficient (Wildman–Crippen LogP) is 10.9. The highest BCUT2D eigenvalue weighted by Crippen LogP contribution is 2.27. The molecule has 6 heteroatoms. The van der Waals surface area contributed by atoms with Crippen LogP contribution in [0.25, 0.3) is 30.6 Å². The van der Waals surface area contributed by atoms with Crippen molar-refractivity contribution in [2.75, 3.05) is 0 Å². The normalized spacial score (nSPS) is 10.9. The van der Waals surface area contributed by atoms with E-state index in [2.05, 4.69) is 115 Å². The minimum Gasteiger partial charge on any atom is -0.245 e. The summed E-state index contributed by atoms with van der Waals surface area (Å²) in [6.07, 6.45) is 3.87. The lowest BCUT2D eigenvalue weighted by Crippen LogP contribution is -1.90. The van der Waals surface area contributed by atoms with Gasteiger partial charge in [0, 0.05) is 34.2 Å². The highest BCUT2D eigenvalue weighted by Gasteiger charge is 2.05. The molecular formula is C31H37N3S3. The Balaban J connectivity index is 0.000000152. The van der Waals surface area contributed by atoms with Gasteiger partial charge in [0.05, 0.1) is 0 Å². The van der Waals surface area contributed by atoms with E-state index < -0.39 is 0 Å². The van der Waals surface area contributed by atoms with Gasteiger partial charge in [0.2, 0.25) is 0 Å². The summed E-state index contributed by atoms with van der Waals surface area (Å²) in [7, 11) is 0. The zero-order chi connectivity index (χ0) is 25.7. The monoisotopic (exact) mass is 547 g/mol. The van der Waals surface area contributed by atoms with Crippen LogP contribution in [0.15, 0.2) is 71.0 Å². The second kappa shape index (κ2) is 13.2. The molecule has 0 saturated carbocycles. The Morgan fingerprint density at radius 1 is 0.622 bits per heavy atom. The second-order valence-corrected chi connectivity index (χ2v) is 12.3. The third kappa shape index (κ3) is 7.22. The molecule has 0 aliphatic carbocycles. The summed E-state index contributed by atoms with van der Waals surface area (Å²) in [6, 6.07) is 15.0. The van der Waals surface area contributed by atoms with Gasteiger partial charge in [-0.2, -0.15) is 0 Å². The summed E-state index contributed by atoms with van der Waals surface area (Å²) in [5, 5.41) is 10.1. The number of hydrogen-bond acceptors (Lipinski definition) is 6. The summed E-state index contributed by atoms with van der Waals surface area (Å²) in [4.78, 5) is 16.7. The Hall–Kier alpha value is -2.67. The average molecular weight is 548 g/mol. The Kier molecular flexibility index (Phi) is 10.3. The van der Waals surface area contributed by atoms with Crippen LogP contribution >= 0.6 is 34.0 Å². The Morgan fingerprint density at radius 2 is 1.30 bits per heavy atom. The Morgan fingerprint density at radius 3 is 2.00 bits per heavy atom. The maximum Gasteiger partial charge on any atom is 0.123 e. The first-order valence-electron chi connectivity index (χ1n) is 12.3. The molecule has 0 aromatic carbocycles. The molecule has 0 atom stereocenters. The highest BCUT2D eigenvalue weighted by atomic mass is 32.1. The number of fused-ring (bicyclic) bond motifs is 3. The van der Waals surface area contributed by atoms with Gasteiger partial charge in [0.15, 0.2) is 0 Å². The van der Waals surface area contributed by atoms with Crippen molar-refractivity contribution in [2.45, 2.75) is 66.7 Å². The predicted molar refractivity (Wildman–Crippen MR) is 168 cm³/mol. The zero-order valence-electron chi connectivity index (χ0n) is 21.7. The van der Waals surface area contributed by atoms with Crippen LogP contribution in [-0.4, -0.2) is 15.0 Å². The fourth-order valence-electron chi connectivity index (χ4n) is 3.77. The molecular weight excluding hydrogens is 511 g/mol. The van der Waals surface area contributed by atoms with Crippen LogP contribution < -0.4 is 0 Å². The SMILES string of the molecule is C.CC(C)c1ccc2ccsc2n1.CC(C)c1ccnc2sccc12.CC(C)c1cnc2sccc2c1. The molecule has 3 nitrogen and oxygen atoms in total. The maximum absolute atomic E-state index is 4.55. The van der Waals surface area contributed by atoms with Crippen LogP contribution in [0.2, 0.25) is 0 Å². The molecule has 6 heterocycles. The van der Waals surface area contributed by atoms with Gasteiger partial charge in [0.1, 0.15) is 14.5 Å². The first-order chi connectivity index (χ1) is 17.3. The van der Waals surface area contributed by atoms with Crippen LogP contribution in [-0.2, 0) is 0 Å². The quantitative estimate of drug-likeness (QED) is 0.221. The molecule has 0 saturated heterocycles. The zero-order valence-corrected chi connectivity index (χ0v) is 24.2. The van der Waals surface area contributed by atoms with E-state index in [1.165, 1.54) is 33.0 Å².